The van der Waals surface area contributed by atoms with Crippen LogP contribution in [-0.2, 0) is 10.0 Å². The molecule has 164 valence electrons. The largest absolute Gasteiger partial charge is 0.345 e. The number of anilines is 3. The highest BCUT2D eigenvalue weighted by Gasteiger charge is 2.16. The SMILES string of the molecule is Cc1c(C#N)sc(Nc2ccccc2)c1N=Nc1ccc(S(=O)(=O)Nc2ccccn2)cc1. The summed E-state index contributed by atoms with van der Waals surface area (Å²) < 4.78 is 27.5. The van der Waals surface area contributed by atoms with Gasteiger partial charge in [-0.3, -0.25) is 4.72 Å². The zero-order valence-corrected chi connectivity index (χ0v) is 19.1. The van der Waals surface area contributed by atoms with Gasteiger partial charge < -0.3 is 5.32 Å². The third kappa shape index (κ3) is 5.23. The molecule has 2 heterocycles. The van der Waals surface area contributed by atoms with Crippen molar-refractivity contribution in [3.05, 3.63) is 89.4 Å². The van der Waals surface area contributed by atoms with Crippen LogP contribution in [0, 0.1) is 18.3 Å². The third-order valence-electron chi connectivity index (χ3n) is 4.56. The first kappa shape index (κ1) is 22.1. The molecule has 0 aliphatic carbocycles. The Labute approximate surface area is 195 Å². The molecule has 4 rings (SSSR count). The molecule has 0 bridgehead atoms. The lowest BCUT2D eigenvalue weighted by molar-refractivity contribution is 0.601. The van der Waals surface area contributed by atoms with E-state index in [-0.39, 0.29) is 10.7 Å². The van der Waals surface area contributed by atoms with Crippen molar-refractivity contribution in [2.75, 3.05) is 10.0 Å². The summed E-state index contributed by atoms with van der Waals surface area (Å²) in [5.74, 6) is 0.237. The molecule has 8 nitrogen and oxygen atoms in total. The second-order valence-corrected chi connectivity index (χ2v) is 9.55. The first-order chi connectivity index (χ1) is 16.0. The Kier molecular flexibility index (Phi) is 6.44. The first-order valence-electron chi connectivity index (χ1n) is 9.77. The van der Waals surface area contributed by atoms with Crippen molar-refractivity contribution in [1.82, 2.24) is 4.98 Å². The van der Waals surface area contributed by atoms with Crippen LogP contribution in [0.5, 0.6) is 0 Å². The fourth-order valence-corrected chi connectivity index (χ4v) is 4.86. The Morgan fingerprint density at radius 2 is 1.70 bits per heavy atom. The molecule has 2 aromatic heterocycles. The van der Waals surface area contributed by atoms with Gasteiger partial charge in [-0.25, -0.2) is 13.4 Å². The van der Waals surface area contributed by atoms with E-state index >= 15 is 0 Å². The van der Waals surface area contributed by atoms with E-state index in [2.05, 4.69) is 31.3 Å². The summed E-state index contributed by atoms with van der Waals surface area (Å²) in [7, 11) is -3.77. The molecule has 4 aromatic rings. The number of hydrogen-bond acceptors (Lipinski definition) is 8. The molecule has 2 aromatic carbocycles. The van der Waals surface area contributed by atoms with E-state index in [9.17, 15) is 13.7 Å². The highest BCUT2D eigenvalue weighted by atomic mass is 32.2. The summed E-state index contributed by atoms with van der Waals surface area (Å²) in [6.45, 7) is 1.82. The zero-order valence-electron chi connectivity index (χ0n) is 17.4. The minimum absolute atomic E-state index is 0.0806. The summed E-state index contributed by atoms with van der Waals surface area (Å²) >= 11 is 1.30. The maximum absolute atomic E-state index is 12.5. The van der Waals surface area contributed by atoms with E-state index in [0.29, 0.717) is 21.3 Å². The molecule has 0 saturated heterocycles. The number of azo groups is 1. The predicted octanol–water partition coefficient (Wildman–Crippen LogP) is 6.28. The van der Waals surface area contributed by atoms with Crippen LogP contribution in [-0.4, -0.2) is 13.4 Å². The van der Waals surface area contributed by atoms with Gasteiger partial charge in [0, 0.05) is 17.4 Å². The summed E-state index contributed by atoms with van der Waals surface area (Å²) in [4.78, 5) is 4.60. The zero-order chi connectivity index (χ0) is 23.3. The lowest BCUT2D eigenvalue weighted by Crippen LogP contribution is -2.13. The maximum atomic E-state index is 12.5. The van der Waals surface area contributed by atoms with Crippen LogP contribution in [0.25, 0.3) is 0 Å². The molecule has 0 aliphatic rings. The lowest BCUT2D eigenvalue weighted by atomic mass is 10.2. The van der Waals surface area contributed by atoms with Crippen molar-refractivity contribution in [2.45, 2.75) is 11.8 Å². The molecular formula is C23H18N6O2S2. The third-order valence-corrected chi connectivity index (χ3v) is 7.04. The van der Waals surface area contributed by atoms with Crippen LogP contribution < -0.4 is 10.0 Å². The number of benzene rings is 2. The number of pyridine rings is 1. The fraction of sp³-hybridized carbons (Fsp3) is 0.0435. The molecule has 33 heavy (non-hydrogen) atoms. The molecule has 0 atom stereocenters. The topological polar surface area (TPSA) is 120 Å². The van der Waals surface area contributed by atoms with E-state index in [1.165, 1.54) is 29.7 Å². The van der Waals surface area contributed by atoms with Gasteiger partial charge in [0.05, 0.1) is 10.6 Å². The monoisotopic (exact) mass is 474 g/mol. The Morgan fingerprint density at radius 3 is 2.36 bits per heavy atom. The van der Waals surface area contributed by atoms with Crippen molar-refractivity contribution >= 4 is 49.2 Å². The van der Waals surface area contributed by atoms with Gasteiger partial charge in [-0.2, -0.15) is 10.4 Å². The van der Waals surface area contributed by atoms with Crippen molar-refractivity contribution in [3.63, 3.8) is 0 Å². The number of nitrogens with zero attached hydrogens (tertiary/aromatic N) is 4. The molecule has 2 N–H and O–H groups in total. The fourth-order valence-electron chi connectivity index (χ4n) is 2.89. The Morgan fingerprint density at radius 1 is 0.970 bits per heavy atom. The highest BCUT2D eigenvalue weighted by molar-refractivity contribution is 7.92. The second kappa shape index (κ2) is 9.60. The number of para-hydroxylation sites is 1. The van der Waals surface area contributed by atoms with Gasteiger partial charge in [-0.1, -0.05) is 24.3 Å². The lowest BCUT2D eigenvalue weighted by Gasteiger charge is -2.07. The van der Waals surface area contributed by atoms with Gasteiger partial charge in [0.1, 0.15) is 27.5 Å². The van der Waals surface area contributed by atoms with Crippen molar-refractivity contribution in [2.24, 2.45) is 10.2 Å². The van der Waals surface area contributed by atoms with Gasteiger partial charge in [0.15, 0.2) is 0 Å². The molecular weight excluding hydrogens is 456 g/mol. The molecule has 0 unspecified atom stereocenters. The molecule has 0 saturated carbocycles. The van der Waals surface area contributed by atoms with Crippen molar-refractivity contribution < 1.29 is 8.42 Å². The van der Waals surface area contributed by atoms with Crippen LogP contribution in [0.3, 0.4) is 0 Å². The Bertz CT molecular complexity index is 1430. The average Bonchev–Trinajstić information content (AvgIpc) is 3.13. The quantitative estimate of drug-likeness (QED) is 0.305. The minimum Gasteiger partial charge on any atom is -0.345 e. The van der Waals surface area contributed by atoms with Crippen LogP contribution in [0.4, 0.5) is 27.9 Å². The van der Waals surface area contributed by atoms with Crippen LogP contribution in [0.1, 0.15) is 10.4 Å². The molecule has 0 radical (unpaired) electrons. The number of sulfonamides is 1. The average molecular weight is 475 g/mol. The number of aromatic nitrogens is 1. The Balaban J connectivity index is 1.56. The van der Waals surface area contributed by atoms with E-state index in [0.717, 1.165) is 11.3 Å². The number of nitrogens with one attached hydrogen (secondary N) is 2. The van der Waals surface area contributed by atoms with Gasteiger partial charge in [0.2, 0.25) is 0 Å². The molecule has 0 fully saturated rings. The smallest absolute Gasteiger partial charge is 0.263 e. The number of thiophene rings is 1. The highest BCUT2D eigenvalue weighted by Crippen LogP contribution is 2.41. The van der Waals surface area contributed by atoms with Crippen LogP contribution >= 0.6 is 11.3 Å². The maximum Gasteiger partial charge on any atom is 0.263 e. The van der Waals surface area contributed by atoms with Gasteiger partial charge in [0.25, 0.3) is 10.0 Å². The summed E-state index contributed by atoms with van der Waals surface area (Å²) in [5, 5.41) is 22.0. The minimum atomic E-state index is -3.77. The molecule has 0 spiro atoms. The normalized spacial score (nSPS) is 11.3. The Hall–Kier alpha value is -4.07. The molecule has 0 amide bonds. The van der Waals surface area contributed by atoms with E-state index in [4.69, 9.17) is 0 Å². The summed E-state index contributed by atoms with van der Waals surface area (Å²) in [6, 6.07) is 22.7. The first-order valence-corrected chi connectivity index (χ1v) is 12.1. The van der Waals surface area contributed by atoms with Crippen molar-refractivity contribution in [3.8, 4) is 6.07 Å². The van der Waals surface area contributed by atoms with Crippen LogP contribution in [0.15, 0.2) is 94.1 Å². The van der Waals surface area contributed by atoms with E-state index in [1.54, 1.807) is 30.3 Å². The van der Waals surface area contributed by atoms with Gasteiger partial charge >= 0.3 is 0 Å². The van der Waals surface area contributed by atoms with Crippen molar-refractivity contribution in [1.29, 1.82) is 5.26 Å². The molecule has 0 aliphatic heterocycles. The van der Waals surface area contributed by atoms with E-state index < -0.39 is 10.0 Å². The van der Waals surface area contributed by atoms with Gasteiger partial charge in [-0.05, 0) is 55.5 Å². The summed E-state index contributed by atoms with van der Waals surface area (Å²) in [6.07, 6.45) is 1.51. The summed E-state index contributed by atoms with van der Waals surface area (Å²) in [5.41, 5.74) is 2.63. The standard InChI is InChI=1S/C23H18N6O2S2/c1-16-20(15-24)32-23(26-17-7-3-2-4-8-17)22(16)28-27-18-10-12-19(13-11-18)33(30,31)29-21-9-5-6-14-25-21/h2-14,26H,1H3,(H,25,29). The second-order valence-electron chi connectivity index (χ2n) is 6.85. The number of nitriles is 1. The molecule has 10 heteroatoms. The number of hydrogen-bond donors (Lipinski definition) is 2. The number of rotatable bonds is 7. The predicted molar refractivity (Wildman–Crippen MR) is 129 cm³/mol. The van der Waals surface area contributed by atoms with Crippen LogP contribution in [0.2, 0.25) is 0 Å². The van der Waals surface area contributed by atoms with E-state index in [1.807, 2.05) is 37.3 Å². The van der Waals surface area contributed by atoms with Gasteiger partial charge in [-0.15, -0.1) is 16.5 Å².